The van der Waals surface area contributed by atoms with E-state index in [0.717, 1.165) is 43.4 Å². The van der Waals surface area contributed by atoms with E-state index in [0.29, 0.717) is 18.0 Å². The zero-order valence-corrected chi connectivity index (χ0v) is 13.3. The number of H-pyrrole nitrogens is 1. The third kappa shape index (κ3) is 4.30. The molecule has 118 valence electrons. The van der Waals surface area contributed by atoms with Gasteiger partial charge in [0.05, 0.1) is 5.60 Å². The highest BCUT2D eigenvalue weighted by atomic mass is 16.3. The van der Waals surface area contributed by atoms with Crippen molar-refractivity contribution in [1.82, 2.24) is 15.5 Å². The van der Waals surface area contributed by atoms with E-state index in [1.54, 1.807) is 6.92 Å². The summed E-state index contributed by atoms with van der Waals surface area (Å²) in [5.41, 5.74) is 1.79. The molecule has 0 bridgehead atoms. The van der Waals surface area contributed by atoms with Crippen LogP contribution in [0.1, 0.15) is 68.2 Å². The van der Waals surface area contributed by atoms with Crippen LogP contribution in [0.2, 0.25) is 0 Å². The van der Waals surface area contributed by atoms with Gasteiger partial charge in [0.15, 0.2) is 5.69 Å². The summed E-state index contributed by atoms with van der Waals surface area (Å²) in [6.07, 6.45) is 5.78. The molecular formula is C16H27N3O2. The molecule has 0 aliphatic heterocycles. The first-order chi connectivity index (χ1) is 9.89. The first-order valence-electron chi connectivity index (χ1n) is 7.96. The number of nitrogens with one attached hydrogen (secondary N) is 2. The molecule has 3 N–H and O–H groups in total. The molecule has 1 atom stereocenters. The number of rotatable bonds is 6. The van der Waals surface area contributed by atoms with Gasteiger partial charge in [-0.05, 0) is 51.4 Å². The molecule has 1 aliphatic rings. The summed E-state index contributed by atoms with van der Waals surface area (Å²) in [6.45, 7) is 6.30. The van der Waals surface area contributed by atoms with Crippen LogP contribution in [0, 0.1) is 5.92 Å². The second-order valence-corrected chi connectivity index (χ2v) is 6.85. The zero-order chi connectivity index (χ0) is 15.5. The van der Waals surface area contributed by atoms with Gasteiger partial charge in [-0.1, -0.05) is 13.8 Å². The van der Waals surface area contributed by atoms with Gasteiger partial charge in [0.1, 0.15) is 0 Å². The number of hydrogen-bond donors (Lipinski definition) is 3. The molecule has 0 radical (unpaired) electrons. The lowest BCUT2D eigenvalue weighted by atomic mass is 9.94. The molecule has 5 nitrogen and oxygen atoms in total. The zero-order valence-electron chi connectivity index (χ0n) is 13.3. The quantitative estimate of drug-likeness (QED) is 0.752. The van der Waals surface area contributed by atoms with Crippen molar-refractivity contribution >= 4 is 5.91 Å². The topological polar surface area (TPSA) is 78.0 Å². The molecular weight excluding hydrogens is 266 g/mol. The lowest BCUT2D eigenvalue weighted by Gasteiger charge is -2.24. The van der Waals surface area contributed by atoms with Gasteiger partial charge in [-0.25, -0.2) is 0 Å². The van der Waals surface area contributed by atoms with E-state index in [1.165, 1.54) is 0 Å². The highest BCUT2D eigenvalue weighted by Crippen LogP contribution is 2.22. The Balaban J connectivity index is 1.91. The third-order valence-corrected chi connectivity index (χ3v) is 4.16. The van der Waals surface area contributed by atoms with Crippen molar-refractivity contribution in [2.45, 2.75) is 64.9 Å². The van der Waals surface area contributed by atoms with E-state index < -0.39 is 5.60 Å². The van der Waals surface area contributed by atoms with Crippen molar-refractivity contribution in [2.75, 3.05) is 6.54 Å². The van der Waals surface area contributed by atoms with Crippen LogP contribution in [0.15, 0.2) is 0 Å². The monoisotopic (exact) mass is 293 g/mol. The molecule has 1 aromatic heterocycles. The third-order valence-electron chi connectivity index (χ3n) is 4.16. The van der Waals surface area contributed by atoms with E-state index >= 15 is 0 Å². The summed E-state index contributed by atoms with van der Waals surface area (Å²) in [4.78, 5) is 12.3. The van der Waals surface area contributed by atoms with Crippen LogP contribution in [0.3, 0.4) is 0 Å². The molecule has 0 fully saturated rings. The summed E-state index contributed by atoms with van der Waals surface area (Å²) in [6, 6.07) is 0. The highest BCUT2D eigenvalue weighted by molar-refractivity contribution is 5.94. The largest absolute Gasteiger partial charge is 0.388 e. The fraction of sp³-hybridized carbons (Fsp3) is 0.750. The van der Waals surface area contributed by atoms with Crippen molar-refractivity contribution in [3.63, 3.8) is 0 Å². The first kappa shape index (κ1) is 16.0. The van der Waals surface area contributed by atoms with E-state index in [-0.39, 0.29) is 12.5 Å². The molecule has 1 unspecified atom stereocenters. The molecule has 0 spiro atoms. The van der Waals surface area contributed by atoms with Crippen molar-refractivity contribution in [3.8, 4) is 0 Å². The molecule has 0 aromatic carbocycles. The number of aromatic nitrogens is 2. The molecule has 0 saturated heterocycles. The van der Waals surface area contributed by atoms with Crippen molar-refractivity contribution in [1.29, 1.82) is 0 Å². The number of aromatic amines is 1. The number of amides is 1. The number of aryl methyl sites for hydroxylation is 1. The van der Waals surface area contributed by atoms with Gasteiger partial charge in [0.2, 0.25) is 0 Å². The summed E-state index contributed by atoms with van der Waals surface area (Å²) >= 11 is 0. The smallest absolute Gasteiger partial charge is 0.272 e. The Morgan fingerprint density at radius 3 is 2.86 bits per heavy atom. The van der Waals surface area contributed by atoms with Crippen LogP contribution in [-0.2, 0) is 12.8 Å². The molecule has 0 saturated carbocycles. The number of nitrogens with zero attached hydrogens (tertiary/aromatic N) is 1. The maximum absolute atomic E-state index is 12.3. The molecule has 1 amide bonds. The fourth-order valence-electron chi connectivity index (χ4n) is 2.71. The Morgan fingerprint density at radius 1 is 1.43 bits per heavy atom. The van der Waals surface area contributed by atoms with Crippen LogP contribution in [0.25, 0.3) is 0 Å². The molecule has 1 aliphatic carbocycles. The predicted molar refractivity (Wildman–Crippen MR) is 82.3 cm³/mol. The highest BCUT2D eigenvalue weighted by Gasteiger charge is 2.25. The standard InChI is InChI=1S/C16H27N3O2/c1-11(2)8-9-16(3,21)10-17-15(20)14-12-6-4-5-7-13(12)18-19-14/h11,21H,4-10H2,1-3H3,(H,17,20)(H,18,19). The van der Waals surface area contributed by atoms with Crippen LogP contribution >= 0.6 is 0 Å². The van der Waals surface area contributed by atoms with Crippen LogP contribution < -0.4 is 5.32 Å². The Bertz CT molecular complexity index is 492. The van der Waals surface area contributed by atoms with Crippen LogP contribution in [0.5, 0.6) is 0 Å². The Kier molecular flexibility index (Phi) is 5.04. The van der Waals surface area contributed by atoms with Gasteiger partial charge in [-0.3, -0.25) is 9.89 Å². The average molecular weight is 293 g/mol. The number of carbonyl (C=O) groups is 1. The lowest BCUT2D eigenvalue weighted by Crippen LogP contribution is -2.41. The summed E-state index contributed by atoms with van der Waals surface area (Å²) in [5.74, 6) is 0.366. The van der Waals surface area contributed by atoms with Crippen LogP contribution in [0.4, 0.5) is 0 Å². The van der Waals surface area contributed by atoms with Crippen molar-refractivity contribution in [3.05, 3.63) is 17.0 Å². The second-order valence-electron chi connectivity index (χ2n) is 6.85. The Morgan fingerprint density at radius 2 is 2.14 bits per heavy atom. The Hall–Kier alpha value is -1.36. The van der Waals surface area contributed by atoms with Gasteiger partial charge >= 0.3 is 0 Å². The SMILES string of the molecule is CC(C)CCC(C)(O)CNC(=O)c1n[nH]c2c1CCCC2. The molecule has 2 rings (SSSR count). The molecule has 1 heterocycles. The van der Waals surface area contributed by atoms with Crippen molar-refractivity contribution < 1.29 is 9.90 Å². The van der Waals surface area contributed by atoms with E-state index in [9.17, 15) is 9.90 Å². The lowest BCUT2D eigenvalue weighted by molar-refractivity contribution is 0.0428. The number of carbonyl (C=O) groups excluding carboxylic acids is 1. The maximum atomic E-state index is 12.3. The molecule has 21 heavy (non-hydrogen) atoms. The van der Waals surface area contributed by atoms with E-state index in [4.69, 9.17) is 0 Å². The molecule has 5 heteroatoms. The normalized spacial score (nSPS) is 17.4. The number of aliphatic hydroxyl groups is 1. The van der Waals surface area contributed by atoms with Gasteiger partial charge < -0.3 is 10.4 Å². The van der Waals surface area contributed by atoms with Gasteiger partial charge in [-0.2, -0.15) is 5.10 Å². The Labute approximate surface area is 126 Å². The maximum Gasteiger partial charge on any atom is 0.272 e. The number of fused-ring (bicyclic) bond motifs is 1. The molecule has 1 aromatic rings. The second kappa shape index (κ2) is 6.60. The fourth-order valence-corrected chi connectivity index (χ4v) is 2.71. The minimum atomic E-state index is -0.865. The summed E-state index contributed by atoms with van der Waals surface area (Å²) in [5, 5.41) is 20.3. The summed E-state index contributed by atoms with van der Waals surface area (Å²) in [7, 11) is 0. The van der Waals surface area contributed by atoms with Gasteiger partial charge in [0.25, 0.3) is 5.91 Å². The minimum Gasteiger partial charge on any atom is -0.388 e. The van der Waals surface area contributed by atoms with Crippen molar-refractivity contribution in [2.24, 2.45) is 5.92 Å². The minimum absolute atomic E-state index is 0.181. The van der Waals surface area contributed by atoms with Gasteiger partial charge in [0, 0.05) is 17.8 Å². The summed E-state index contributed by atoms with van der Waals surface area (Å²) < 4.78 is 0. The average Bonchev–Trinajstić information content (AvgIpc) is 2.87. The van der Waals surface area contributed by atoms with Gasteiger partial charge in [-0.15, -0.1) is 0 Å². The number of hydrogen-bond acceptors (Lipinski definition) is 3. The van der Waals surface area contributed by atoms with E-state index in [1.807, 2.05) is 0 Å². The van der Waals surface area contributed by atoms with Crippen LogP contribution in [-0.4, -0.2) is 33.4 Å². The predicted octanol–water partition coefficient (Wildman–Crippen LogP) is 2.21. The first-order valence-corrected chi connectivity index (χ1v) is 7.96. The van der Waals surface area contributed by atoms with E-state index in [2.05, 4.69) is 29.4 Å².